The Kier molecular flexibility index (Phi) is 5.77. The van der Waals surface area contributed by atoms with E-state index in [9.17, 15) is 5.11 Å². The van der Waals surface area contributed by atoms with Gasteiger partial charge in [0.05, 0.1) is 6.10 Å². The van der Waals surface area contributed by atoms with Crippen molar-refractivity contribution in [1.29, 1.82) is 0 Å². The zero-order valence-electron chi connectivity index (χ0n) is 11.3. The van der Waals surface area contributed by atoms with Crippen LogP contribution in [0.25, 0.3) is 0 Å². The van der Waals surface area contributed by atoms with Crippen molar-refractivity contribution in [1.82, 2.24) is 5.32 Å². The lowest BCUT2D eigenvalue weighted by Gasteiger charge is -2.33. The Labute approximate surface area is 101 Å². The number of hydrogen-bond donors (Lipinski definition) is 2. The number of aliphatic hydroxyl groups is 1. The Hall–Kier alpha value is -0.0800. The van der Waals surface area contributed by atoms with Crippen LogP contribution in [-0.2, 0) is 0 Å². The highest BCUT2D eigenvalue weighted by Crippen LogP contribution is 2.26. The molecule has 0 spiro atoms. The van der Waals surface area contributed by atoms with Crippen molar-refractivity contribution in [2.24, 2.45) is 5.41 Å². The largest absolute Gasteiger partial charge is 0.393 e. The van der Waals surface area contributed by atoms with E-state index in [1.165, 1.54) is 38.5 Å². The highest BCUT2D eigenvalue weighted by Gasteiger charge is 2.28. The van der Waals surface area contributed by atoms with Gasteiger partial charge in [0, 0.05) is 18.0 Å². The molecule has 2 N–H and O–H groups in total. The van der Waals surface area contributed by atoms with E-state index in [-0.39, 0.29) is 11.5 Å². The summed E-state index contributed by atoms with van der Waals surface area (Å²) in [6.07, 6.45) is 8.99. The van der Waals surface area contributed by atoms with Gasteiger partial charge in [0.2, 0.25) is 0 Å². The van der Waals surface area contributed by atoms with Crippen molar-refractivity contribution in [3.63, 3.8) is 0 Å². The van der Waals surface area contributed by atoms with Gasteiger partial charge in [0.25, 0.3) is 0 Å². The molecule has 0 radical (unpaired) electrons. The predicted molar refractivity (Wildman–Crippen MR) is 69.6 cm³/mol. The van der Waals surface area contributed by atoms with E-state index in [1.54, 1.807) is 0 Å². The van der Waals surface area contributed by atoms with Crippen molar-refractivity contribution in [3.8, 4) is 0 Å². The molecule has 96 valence electrons. The van der Waals surface area contributed by atoms with Crippen LogP contribution >= 0.6 is 0 Å². The van der Waals surface area contributed by atoms with E-state index in [0.29, 0.717) is 6.04 Å². The standard InChI is InChI=1S/C14H29NO/c1-4-14(3,12(2)16)11-15-13-9-7-5-6-8-10-13/h12-13,15-16H,4-11H2,1-3H3. The topological polar surface area (TPSA) is 32.3 Å². The van der Waals surface area contributed by atoms with E-state index in [0.717, 1.165) is 13.0 Å². The quantitative estimate of drug-likeness (QED) is 0.707. The van der Waals surface area contributed by atoms with E-state index < -0.39 is 0 Å². The monoisotopic (exact) mass is 227 g/mol. The Bertz CT molecular complexity index is 185. The van der Waals surface area contributed by atoms with Crippen LogP contribution < -0.4 is 5.32 Å². The summed E-state index contributed by atoms with van der Waals surface area (Å²) in [6, 6.07) is 0.687. The molecule has 1 aliphatic rings. The van der Waals surface area contributed by atoms with Gasteiger partial charge in [0.1, 0.15) is 0 Å². The summed E-state index contributed by atoms with van der Waals surface area (Å²) in [6.45, 7) is 7.22. The van der Waals surface area contributed by atoms with Crippen molar-refractivity contribution >= 4 is 0 Å². The fraction of sp³-hybridized carbons (Fsp3) is 1.00. The van der Waals surface area contributed by atoms with Gasteiger partial charge in [-0.15, -0.1) is 0 Å². The first-order valence-electron chi connectivity index (χ1n) is 7.00. The predicted octanol–water partition coefficient (Wildman–Crippen LogP) is 3.10. The first-order chi connectivity index (χ1) is 7.58. The molecule has 0 heterocycles. The van der Waals surface area contributed by atoms with Crippen LogP contribution in [-0.4, -0.2) is 23.8 Å². The third-order valence-corrected chi connectivity index (χ3v) is 4.47. The second-order valence-electron chi connectivity index (χ2n) is 5.75. The molecule has 1 fully saturated rings. The Morgan fingerprint density at radius 1 is 1.25 bits per heavy atom. The van der Waals surface area contributed by atoms with Crippen LogP contribution in [0.15, 0.2) is 0 Å². The van der Waals surface area contributed by atoms with E-state index in [2.05, 4.69) is 19.2 Å². The zero-order chi connectivity index (χ0) is 12.0. The highest BCUT2D eigenvalue weighted by molar-refractivity contribution is 4.83. The number of aliphatic hydroxyl groups excluding tert-OH is 1. The lowest BCUT2D eigenvalue weighted by atomic mass is 9.82. The molecule has 1 saturated carbocycles. The van der Waals surface area contributed by atoms with Crippen LogP contribution in [0, 0.1) is 5.41 Å². The minimum absolute atomic E-state index is 0.0340. The molecule has 0 aromatic rings. The van der Waals surface area contributed by atoms with Crippen molar-refractivity contribution in [2.75, 3.05) is 6.54 Å². The third-order valence-electron chi connectivity index (χ3n) is 4.47. The smallest absolute Gasteiger partial charge is 0.0577 e. The molecule has 0 amide bonds. The van der Waals surface area contributed by atoms with Gasteiger partial charge in [-0.25, -0.2) is 0 Å². The molecule has 0 bridgehead atoms. The molecule has 2 heteroatoms. The minimum Gasteiger partial charge on any atom is -0.393 e. The zero-order valence-corrected chi connectivity index (χ0v) is 11.3. The maximum atomic E-state index is 9.82. The van der Waals surface area contributed by atoms with E-state index in [1.807, 2.05) is 6.92 Å². The summed E-state index contributed by atoms with van der Waals surface area (Å²) in [4.78, 5) is 0. The van der Waals surface area contributed by atoms with Crippen LogP contribution in [0.4, 0.5) is 0 Å². The molecular formula is C14H29NO. The van der Waals surface area contributed by atoms with Gasteiger partial charge in [-0.3, -0.25) is 0 Å². The summed E-state index contributed by atoms with van der Waals surface area (Å²) >= 11 is 0. The summed E-state index contributed by atoms with van der Waals surface area (Å²) < 4.78 is 0. The van der Waals surface area contributed by atoms with Crippen LogP contribution in [0.5, 0.6) is 0 Å². The molecule has 0 aliphatic heterocycles. The Morgan fingerprint density at radius 3 is 2.25 bits per heavy atom. The molecule has 1 aliphatic carbocycles. The molecule has 2 unspecified atom stereocenters. The Balaban J connectivity index is 2.36. The average Bonchev–Trinajstić information content (AvgIpc) is 2.54. The van der Waals surface area contributed by atoms with Crippen LogP contribution in [0.1, 0.15) is 65.7 Å². The fourth-order valence-corrected chi connectivity index (χ4v) is 2.43. The second-order valence-corrected chi connectivity index (χ2v) is 5.75. The number of rotatable bonds is 5. The summed E-state index contributed by atoms with van der Waals surface area (Å²) in [5.74, 6) is 0. The van der Waals surface area contributed by atoms with Gasteiger partial charge in [-0.1, -0.05) is 39.5 Å². The van der Waals surface area contributed by atoms with Crippen molar-refractivity contribution in [3.05, 3.63) is 0 Å². The Morgan fingerprint density at radius 2 is 1.81 bits per heavy atom. The van der Waals surface area contributed by atoms with Crippen molar-refractivity contribution in [2.45, 2.75) is 77.9 Å². The minimum atomic E-state index is -0.226. The number of nitrogens with one attached hydrogen (secondary N) is 1. The van der Waals surface area contributed by atoms with Crippen LogP contribution in [0.2, 0.25) is 0 Å². The molecule has 2 nitrogen and oxygen atoms in total. The molecule has 0 aromatic carbocycles. The number of hydrogen-bond acceptors (Lipinski definition) is 2. The normalized spacial score (nSPS) is 24.8. The average molecular weight is 227 g/mol. The maximum Gasteiger partial charge on any atom is 0.0577 e. The summed E-state index contributed by atoms with van der Waals surface area (Å²) in [5.41, 5.74) is 0.0340. The lowest BCUT2D eigenvalue weighted by Crippen LogP contribution is -2.43. The first-order valence-corrected chi connectivity index (χ1v) is 7.00. The summed E-state index contributed by atoms with van der Waals surface area (Å²) in [7, 11) is 0. The van der Waals surface area contributed by atoms with Crippen molar-refractivity contribution < 1.29 is 5.11 Å². The highest BCUT2D eigenvalue weighted by atomic mass is 16.3. The van der Waals surface area contributed by atoms with Gasteiger partial charge < -0.3 is 10.4 Å². The molecule has 0 saturated heterocycles. The van der Waals surface area contributed by atoms with E-state index in [4.69, 9.17) is 0 Å². The first kappa shape index (κ1) is 14.0. The van der Waals surface area contributed by atoms with Crippen LogP contribution in [0.3, 0.4) is 0 Å². The summed E-state index contributed by atoms with van der Waals surface area (Å²) in [5, 5.41) is 13.5. The van der Waals surface area contributed by atoms with E-state index >= 15 is 0 Å². The van der Waals surface area contributed by atoms with Gasteiger partial charge in [-0.2, -0.15) is 0 Å². The van der Waals surface area contributed by atoms with Gasteiger partial charge in [-0.05, 0) is 26.2 Å². The molecule has 16 heavy (non-hydrogen) atoms. The maximum absolute atomic E-state index is 9.82. The second kappa shape index (κ2) is 6.61. The lowest BCUT2D eigenvalue weighted by molar-refractivity contribution is 0.0465. The molecular weight excluding hydrogens is 198 g/mol. The fourth-order valence-electron chi connectivity index (χ4n) is 2.43. The molecule has 2 atom stereocenters. The SMILES string of the molecule is CCC(C)(CNC1CCCCCC1)C(C)O. The van der Waals surface area contributed by atoms with Gasteiger partial charge >= 0.3 is 0 Å². The molecule has 0 aromatic heterocycles. The van der Waals surface area contributed by atoms with Gasteiger partial charge in [0.15, 0.2) is 0 Å². The molecule has 1 rings (SSSR count). The third kappa shape index (κ3) is 4.06.